The molecule has 14 aromatic rings. The standard InChI is InChI=1S/C71H44N4O/c1-4-19-45(20-5-1)48-25-18-26-51(41-48)74-62-32-15-11-27-52(62)55-42-49(36-39-63(55)74)50-35-37-58-65(43-50)75(70-72-60(46-21-6-2-7-22-46)44-61(73-70)47-23-8-3-9-24-47)64-33-16-14-31-57(64)71(58)56-30-13-10-28-53(56)68-59(71)38-40-67-69(68)54-29-12-17-34-66(54)76-67/h1-44H. The SMILES string of the molecule is c1ccc(-c2cccc(-n3c4ccccc4c4cc(-c5ccc6c(c5)N(c5nc(-c7ccccc7)cc(-c7ccccc7)n5)c5ccccc5C65c6ccccc6-c6c5ccc5oc7ccccc7c65)ccc43)c2)cc1. The molecule has 0 amide bonds. The maximum Gasteiger partial charge on any atom is 0.235 e. The molecule has 2 aliphatic rings. The van der Waals surface area contributed by atoms with E-state index in [9.17, 15) is 0 Å². The largest absolute Gasteiger partial charge is 0.456 e. The number of para-hydroxylation sites is 3. The first-order chi connectivity index (χ1) is 37.7. The van der Waals surface area contributed by atoms with Gasteiger partial charge in [0.05, 0.1) is 39.2 Å². The highest BCUT2D eigenvalue weighted by Crippen LogP contribution is 2.65. The molecule has 0 N–H and O–H groups in total. The first-order valence-corrected chi connectivity index (χ1v) is 26.0. The minimum Gasteiger partial charge on any atom is -0.456 e. The van der Waals surface area contributed by atoms with Crippen LogP contribution in [0.25, 0.3) is 105 Å². The van der Waals surface area contributed by atoms with Gasteiger partial charge in [-0.1, -0.05) is 206 Å². The van der Waals surface area contributed by atoms with Crippen LogP contribution < -0.4 is 4.90 Å². The van der Waals surface area contributed by atoms with Gasteiger partial charge in [-0.25, -0.2) is 9.97 Å². The molecule has 16 rings (SSSR count). The molecule has 0 radical (unpaired) electrons. The summed E-state index contributed by atoms with van der Waals surface area (Å²) >= 11 is 0. The zero-order chi connectivity index (χ0) is 49.9. The molecule has 1 atom stereocenters. The maximum atomic E-state index is 6.62. The Kier molecular flexibility index (Phi) is 9.18. The molecule has 1 aliphatic carbocycles. The van der Waals surface area contributed by atoms with Gasteiger partial charge in [0.1, 0.15) is 11.2 Å². The number of anilines is 3. The number of benzene rings is 11. The molecule has 3 aromatic heterocycles. The van der Waals surface area contributed by atoms with Gasteiger partial charge in [-0.2, -0.15) is 0 Å². The fourth-order valence-corrected chi connectivity index (χ4v) is 12.8. The minimum atomic E-state index is -0.718. The zero-order valence-corrected chi connectivity index (χ0v) is 41.1. The van der Waals surface area contributed by atoms with E-state index in [1.54, 1.807) is 0 Å². The molecule has 5 nitrogen and oxygen atoms in total. The predicted molar refractivity (Wildman–Crippen MR) is 311 cm³/mol. The number of rotatable bonds is 6. The Hall–Kier alpha value is -10.1. The first kappa shape index (κ1) is 42.4. The van der Waals surface area contributed by atoms with Gasteiger partial charge in [0.15, 0.2) is 0 Å². The number of hydrogen-bond acceptors (Lipinski definition) is 4. The topological polar surface area (TPSA) is 47.1 Å². The van der Waals surface area contributed by atoms with Crippen LogP contribution in [0, 0.1) is 0 Å². The quantitative estimate of drug-likeness (QED) is 0.167. The molecule has 1 aliphatic heterocycles. The Morgan fingerprint density at radius 3 is 1.71 bits per heavy atom. The third-order valence-electron chi connectivity index (χ3n) is 16.0. The van der Waals surface area contributed by atoms with Crippen LogP contribution in [-0.2, 0) is 5.41 Å². The lowest BCUT2D eigenvalue weighted by molar-refractivity contribution is 0.668. The van der Waals surface area contributed by atoms with Crippen molar-refractivity contribution in [3.05, 3.63) is 289 Å². The van der Waals surface area contributed by atoms with E-state index in [0.717, 1.165) is 94.8 Å². The van der Waals surface area contributed by atoms with Crippen LogP contribution in [0.5, 0.6) is 0 Å². The van der Waals surface area contributed by atoms with Crippen molar-refractivity contribution in [2.75, 3.05) is 4.90 Å². The summed E-state index contributed by atoms with van der Waals surface area (Å²) in [6.45, 7) is 0. The van der Waals surface area contributed by atoms with Gasteiger partial charge in [0.25, 0.3) is 0 Å². The Labute approximate surface area is 438 Å². The van der Waals surface area contributed by atoms with Crippen molar-refractivity contribution in [3.63, 3.8) is 0 Å². The van der Waals surface area contributed by atoms with Crippen LogP contribution in [0.1, 0.15) is 22.3 Å². The summed E-state index contributed by atoms with van der Waals surface area (Å²) in [7, 11) is 0. The number of aromatic nitrogens is 3. The molecule has 76 heavy (non-hydrogen) atoms. The second kappa shape index (κ2) is 16.5. The lowest BCUT2D eigenvalue weighted by Crippen LogP contribution is -2.36. The summed E-state index contributed by atoms with van der Waals surface area (Å²) in [5.41, 5.74) is 22.0. The first-order valence-electron chi connectivity index (χ1n) is 26.0. The highest BCUT2D eigenvalue weighted by Gasteiger charge is 2.53. The highest BCUT2D eigenvalue weighted by molar-refractivity contribution is 6.16. The molecule has 0 saturated carbocycles. The van der Waals surface area contributed by atoms with E-state index >= 15 is 0 Å². The average molecular weight is 969 g/mol. The molecule has 0 saturated heterocycles. The van der Waals surface area contributed by atoms with E-state index in [-0.39, 0.29) is 0 Å². The monoisotopic (exact) mass is 968 g/mol. The van der Waals surface area contributed by atoms with Crippen LogP contribution in [0.4, 0.5) is 17.3 Å². The Bertz CT molecular complexity index is 4590. The predicted octanol–water partition coefficient (Wildman–Crippen LogP) is 18.3. The van der Waals surface area contributed by atoms with Crippen LogP contribution in [-0.4, -0.2) is 14.5 Å². The molecule has 354 valence electrons. The number of nitrogens with zero attached hydrogens (tertiary/aromatic N) is 4. The van der Waals surface area contributed by atoms with Crippen molar-refractivity contribution in [2.45, 2.75) is 5.41 Å². The van der Waals surface area contributed by atoms with Crippen LogP contribution in [0.2, 0.25) is 0 Å². The van der Waals surface area contributed by atoms with Gasteiger partial charge >= 0.3 is 0 Å². The van der Waals surface area contributed by atoms with Gasteiger partial charge in [-0.05, 0) is 116 Å². The molecule has 4 heterocycles. The second-order valence-corrected chi connectivity index (χ2v) is 20.0. The van der Waals surface area contributed by atoms with E-state index in [1.165, 1.54) is 44.2 Å². The third kappa shape index (κ3) is 6.14. The molecule has 1 unspecified atom stereocenters. The highest BCUT2D eigenvalue weighted by atomic mass is 16.3. The summed E-state index contributed by atoms with van der Waals surface area (Å²) < 4.78 is 9.03. The van der Waals surface area contributed by atoms with Crippen molar-refractivity contribution >= 4 is 61.1 Å². The number of fused-ring (bicyclic) bond motifs is 16. The summed E-state index contributed by atoms with van der Waals surface area (Å²) in [6, 6.07) is 96.3. The van der Waals surface area contributed by atoms with E-state index < -0.39 is 5.41 Å². The fourth-order valence-electron chi connectivity index (χ4n) is 12.8. The van der Waals surface area contributed by atoms with Crippen molar-refractivity contribution in [1.82, 2.24) is 14.5 Å². The molecule has 1 spiro atoms. The normalized spacial score (nSPS) is 14.3. The van der Waals surface area contributed by atoms with Crippen molar-refractivity contribution < 1.29 is 4.42 Å². The van der Waals surface area contributed by atoms with Gasteiger partial charge < -0.3 is 8.98 Å². The second-order valence-electron chi connectivity index (χ2n) is 20.0. The van der Waals surface area contributed by atoms with Crippen LogP contribution in [0.15, 0.2) is 271 Å². The smallest absolute Gasteiger partial charge is 0.235 e. The van der Waals surface area contributed by atoms with Crippen molar-refractivity contribution in [3.8, 4) is 61.6 Å². The average Bonchev–Trinajstić information content (AvgIpc) is 4.30. The Balaban J connectivity index is 0.968. The summed E-state index contributed by atoms with van der Waals surface area (Å²) in [5.74, 6) is 0.597. The number of hydrogen-bond donors (Lipinski definition) is 0. The van der Waals surface area contributed by atoms with E-state index in [0.29, 0.717) is 5.95 Å². The lowest BCUT2D eigenvalue weighted by atomic mass is 9.64. The number of furan rings is 1. The van der Waals surface area contributed by atoms with Crippen molar-refractivity contribution in [2.24, 2.45) is 0 Å². The minimum absolute atomic E-state index is 0.597. The fraction of sp³-hybridized carbons (Fsp3) is 0.0141. The molecular weight excluding hydrogens is 925 g/mol. The maximum absolute atomic E-state index is 6.62. The van der Waals surface area contributed by atoms with E-state index in [4.69, 9.17) is 14.4 Å². The van der Waals surface area contributed by atoms with Gasteiger partial charge in [0.2, 0.25) is 5.95 Å². The third-order valence-corrected chi connectivity index (χ3v) is 16.0. The summed E-state index contributed by atoms with van der Waals surface area (Å²) in [4.78, 5) is 13.4. The molecule has 5 heteroatoms. The molecule has 0 bridgehead atoms. The molecule has 0 fully saturated rings. The molecular formula is C71H44N4O. The Morgan fingerprint density at radius 2 is 0.921 bits per heavy atom. The Morgan fingerprint density at radius 1 is 0.342 bits per heavy atom. The lowest BCUT2D eigenvalue weighted by Gasteiger charge is -2.44. The van der Waals surface area contributed by atoms with Gasteiger partial charge in [0, 0.05) is 38.4 Å². The summed E-state index contributed by atoms with van der Waals surface area (Å²) in [5, 5.41) is 4.65. The van der Waals surface area contributed by atoms with E-state index in [2.05, 4.69) is 276 Å². The zero-order valence-electron chi connectivity index (χ0n) is 41.1. The summed E-state index contributed by atoms with van der Waals surface area (Å²) in [6.07, 6.45) is 0. The van der Waals surface area contributed by atoms with E-state index in [1.807, 2.05) is 0 Å². The van der Waals surface area contributed by atoms with Crippen LogP contribution >= 0.6 is 0 Å². The molecule has 11 aromatic carbocycles. The van der Waals surface area contributed by atoms with Crippen LogP contribution in [0.3, 0.4) is 0 Å². The van der Waals surface area contributed by atoms with Crippen molar-refractivity contribution in [1.29, 1.82) is 0 Å². The van der Waals surface area contributed by atoms with Gasteiger partial charge in [-0.15, -0.1) is 0 Å². The van der Waals surface area contributed by atoms with Gasteiger partial charge in [-0.3, -0.25) is 4.90 Å².